The van der Waals surface area contributed by atoms with Crippen molar-refractivity contribution >= 4 is 0 Å². The molecule has 0 aromatic heterocycles. The number of rotatable bonds is 3. The van der Waals surface area contributed by atoms with Crippen LogP contribution in [-0.2, 0) is 0 Å². The van der Waals surface area contributed by atoms with Gasteiger partial charge in [0.1, 0.15) is 5.82 Å². The lowest BCUT2D eigenvalue weighted by Gasteiger charge is -2.25. The monoisotopic (exact) mass is 222 g/mol. The molecule has 2 N–H and O–H groups in total. The molecule has 0 spiro atoms. The molecule has 88 valence electrons. The summed E-state index contributed by atoms with van der Waals surface area (Å²) in [6, 6.07) is 7.50. The third-order valence-electron chi connectivity index (χ3n) is 3.59. The Morgan fingerprint density at radius 3 is 2.88 bits per heavy atom. The van der Waals surface area contributed by atoms with E-state index in [4.69, 9.17) is 5.73 Å². The fourth-order valence-corrected chi connectivity index (χ4v) is 2.74. The minimum absolute atomic E-state index is 0.0789. The highest BCUT2D eigenvalue weighted by Crippen LogP contribution is 2.35. The van der Waals surface area contributed by atoms with Gasteiger partial charge >= 0.3 is 0 Å². The Bertz CT molecular complexity index is 354. The van der Waals surface area contributed by atoms with Crippen molar-refractivity contribution in [2.75, 3.05) is 20.1 Å². The zero-order chi connectivity index (χ0) is 11.5. The molecule has 0 radical (unpaired) electrons. The fraction of sp³-hybridized carbons (Fsp3) is 0.538. The fourth-order valence-electron chi connectivity index (χ4n) is 2.74. The van der Waals surface area contributed by atoms with Crippen LogP contribution in [-0.4, -0.2) is 31.1 Å². The van der Waals surface area contributed by atoms with E-state index in [9.17, 15) is 4.39 Å². The van der Waals surface area contributed by atoms with Gasteiger partial charge in [-0.2, -0.15) is 0 Å². The van der Waals surface area contributed by atoms with Crippen molar-refractivity contribution < 1.29 is 4.39 Å². The normalized spacial score (nSPS) is 26.2. The summed E-state index contributed by atoms with van der Waals surface area (Å²) in [7, 11) is 2.10. The van der Waals surface area contributed by atoms with E-state index in [1.165, 1.54) is 0 Å². The van der Waals surface area contributed by atoms with Crippen molar-refractivity contribution in [2.24, 2.45) is 5.73 Å². The quantitative estimate of drug-likeness (QED) is 0.847. The molecule has 1 aromatic carbocycles. The minimum atomic E-state index is -0.0789. The van der Waals surface area contributed by atoms with Crippen molar-refractivity contribution in [1.82, 2.24) is 4.90 Å². The van der Waals surface area contributed by atoms with E-state index in [0.717, 1.165) is 24.9 Å². The van der Waals surface area contributed by atoms with E-state index in [2.05, 4.69) is 11.9 Å². The Kier molecular flexibility index (Phi) is 3.56. The first-order valence-corrected chi connectivity index (χ1v) is 5.88. The Labute approximate surface area is 96.2 Å². The molecule has 2 rings (SSSR count). The average Bonchev–Trinajstić information content (AvgIpc) is 2.62. The molecule has 1 aliphatic heterocycles. The average molecular weight is 222 g/mol. The number of likely N-dealkylation sites (tertiary alicyclic amines) is 1. The number of nitrogens with two attached hydrogens (primary N) is 1. The Morgan fingerprint density at radius 1 is 1.44 bits per heavy atom. The largest absolute Gasteiger partial charge is 0.330 e. The molecular formula is C13H19FN2. The number of halogens is 1. The molecule has 0 saturated carbocycles. The summed E-state index contributed by atoms with van der Waals surface area (Å²) in [5.41, 5.74) is 6.48. The van der Waals surface area contributed by atoms with Gasteiger partial charge in [0.15, 0.2) is 0 Å². The maximum Gasteiger partial charge on any atom is 0.126 e. The number of hydrogen-bond acceptors (Lipinski definition) is 2. The van der Waals surface area contributed by atoms with E-state index in [1.807, 2.05) is 12.1 Å². The highest BCUT2D eigenvalue weighted by Gasteiger charge is 2.33. The molecule has 1 fully saturated rings. The van der Waals surface area contributed by atoms with Crippen LogP contribution in [0.3, 0.4) is 0 Å². The molecule has 2 atom stereocenters. The Morgan fingerprint density at radius 2 is 2.19 bits per heavy atom. The lowest BCUT2D eigenvalue weighted by atomic mass is 9.89. The van der Waals surface area contributed by atoms with Crippen LogP contribution in [0.4, 0.5) is 4.39 Å². The summed E-state index contributed by atoms with van der Waals surface area (Å²) >= 11 is 0. The van der Waals surface area contributed by atoms with Crippen LogP contribution in [0, 0.1) is 5.82 Å². The number of benzene rings is 1. The molecule has 1 aromatic rings. The standard InChI is InChI=1S/C13H19FN2/c1-16-9-7-11(13(16)6-8-15)10-4-2-3-5-12(10)14/h2-5,11,13H,6-9,15H2,1H3. The SMILES string of the molecule is CN1CCC(c2ccccc2F)C1CCN. The Balaban J connectivity index is 2.23. The highest BCUT2D eigenvalue weighted by molar-refractivity contribution is 5.24. The van der Waals surface area contributed by atoms with Gasteiger partial charge in [-0.05, 0) is 44.6 Å². The van der Waals surface area contributed by atoms with Crippen LogP contribution >= 0.6 is 0 Å². The molecule has 1 heterocycles. The van der Waals surface area contributed by atoms with E-state index in [1.54, 1.807) is 12.1 Å². The molecular weight excluding hydrogens is 203 g/mol. The zero-order valence-electron chi connectivity index (χ0n) is 9.70. The summed E-state index contributed by atoms with van der Waals surface area (Å²) < 4.78 is 13.7. The number of nitrogens with zero attached hydrogens (tertiary/aromatic N) is 1. The predicted molar refractivity (Wildman–Crippen MR) is 63.8 cm³/mol. The van der Waals surface area contributed by atoms with Crippen LogP contribution in [0.15, 0.2) is 24.3 Å². The molecule has 1 aliphatic rings. The number of hydrogen-bond donors (Lipinski definition) is 1. The van der Waals surface area contributed by atoms with Crippen LogP contribution in [0.1, 0.15) is 24.3 Å². The molecule has 16 heavy (non-hydrogen) atoms. The van der Waals surface area contributed by atoms with Crippen molar-refractivity contribution in [1.29, 1.82) is 0 Å². The van der Waals surface area contributed by atoms with Gasteiger partial charge in [-0.15, -0.1) is 0 Å². The molecule has 0 amide bonds. The van der Waals surface area contributed by atoms with E-state index in [0.29, 0.717) is 18.5 Å². The molecule has 1 saturated heterocycles. The van der Waals surface area contributed by atoms with Crippen LogP contribution in [0.2, 0.25) is 0 Å². The maximum absolute atomic E-state index is 13.7. The molecule has 2 nitrogen and oxygen atoms in total. The van der Waals surface area contributed by atoms with Gasteiger partial charge in [0.2, 0.25) is 0 Å². The smallest absolute Gasteiger partial charge is 0.126 e. The minimum Gasteiger partial charge on any atom is -0.330 e. The number of likely N-dealkylation sites (N-methyl/N-ethyl adjacent to an activating group) is 1. The summed E-state index contributed by atoms with van der Waals surface area (Å²) in [6.45, 7) is 1.70. The zero-order valence-corrected chi connectivity index (χ0v) is 9.70. The first kappa shape index (κ1) is 11.6. The van der Waals surface area contributed by atoms with E-state index >= 15 is 0 Å². The first-order valence-electron chi connectivity index (χ1n) is 5.88. The van der Waals surface area contributed by atoms with E-state index < -0.39 is 0 Å². The van der Waals surface area contributed by atoms with Crippen molar-refractivity contribution in [3.05, 3.63) is 35.6 Å². The predicted octanol–water partition coefficient (Wildman–Crippen LogP) is 1.96. The van der Waals surface area contributed by atoms with Gasteiger partial charge in [-0.3, -0.25) is 0 Å². The topological polar surface area (TPSA) is 29.3 Å². The van der Waals surface area contributed by atoms with Crippen LogP contribution in [0.25, 0.3) is 0 Å². The molecule has 3 heteroatoms. The second-order valence-electron chi connectivity index (χ2n) is 4.54. The van der Waals surface area contributed by atoms with Gasteiger partial charge in [0.05, 0.1) is 0 Å². The van der Waals surface area contributed by atoms with Gasteiger partial charge < -0.3 is 10.6 Å². The first-order chi connectivity index (χ1) is 7.74. The molecule has 0 bridgehead atoms. The summed E-state index contributed by atoms with van der Waals surface area (Å²) in [5.74, 6) is 0.222. The van der Waals surface area contributed by atoms with Gasteiger partial charge in [0.25, 0.3) is 0 Å². The second-order valence-corrected chi connectivity index (χ2v) is 4.54. The second kappa shape index (κ2) is 4.93. The van der Waals surface area contributed by atoms with Gasteiger partial charge in [-0.1, -0.05) is 18.2 Å². The van der Waals surface area contributed by atoms with Crippen molar-refractivity contribution in [3.8, 4) is 0 Å². The maximum atomic E-state index is 13.7. The Hall–Kier alpha value is -0.930. The molecule has 0 aliphatic carbocycles. The lowest BCUT2D eigenvalue weighted by molar-refractivity contribution is 0.284. The third-order valence-corrected chi connectivity index (χ3v) is 3.59. The van der Waals surface area contributed by atoms with Crippen LogP contribution in [0.5, 0.6) is 0 Å². The van der Waals surface area contributed by atoms with Crippen LogP contribution < -0.4 is 5.73 Å². The highest BCUT2D eigenvalue weighted by atomic mass is 19.1. The van der Waals surface area contributed by atoms with Gasteiger partial charge in [0, 0.05) is 12.0 Å². The van der Waals surface area contributed by atoms with Crippen molar-refractivity contribution in [3.63, 3.8) is 0 Å². The summed E-state index contributed by atoms with van der Waals surface area (Å²) in [6.07, 6.45) is 1.97. The van der Waals surface area contributed by atoms with E-state index in [-0.39, 0.29) is 5.82 Å². The lowest BCUT2D eigenvalue weighted by Crippen LogP contribution is -2.31. The third kappa shape index (κ3) is 2.11. The summed E-state index contributed by atoms with van der Waals surface area (Å²) in [5, 5.41) is 0. The van der Waals surface area contributed by atoms with Crippen molar-refractivity contribution in [2.45, 2.75) is 24.8 Å². The molecule has 2 unspecified atom stereocenters. The summed E-state index contributed by atoms with van der Waals surface area (Å²) in [4.78, 5) is 2.30. The van der Waals surface area contributed by atoms with Gasteiger partial charge in [-0.25, -0.2) is 4.39 Å².